The normalized spacial score (nSPS) is 11.2. The molecule has 0 saturated heterocycles. The Labute approximate surface area is 176 Å². The Morgan fingerprint density at radius 1 is 1.07 bits per heavy atom. The van der Waals surface area contributed by atoms with Crippen molar-refractivity contribution >= 4 is 11.6 Å². The number of anilines is 1. The van der Waals surface area contributed by atoms with Crippen molar-refractivity contribution in [3.8, 4) is 22.9 Å². The van der Waals surface area contributed by atoms with E-state index in [2.05, 4.69) is 58.8 Å². The minimum absolute atomic E-state index is 0.0121. The molecule has 30 heavy (non-hydrogen) atoms. The molecule has 0 atom stereocenters. The number of aryl methyl sites for hydroxylation is 1. The molecule has 0 radical (unpaired) electrons. The molecule has 8 nitrogen and oxygen atoms in total. The van der Waals surface area contributed by atoms with Crippen molar-refractivity contribution in [3.05, 3.63) is 47.5 Å². The third-order valence-corrected chi connectivity index (χ3v) is 4.85. The van der Waals surface area contributed by atoms with Gasteiger partial charge in [0, 0.05) is 23.7 Å². The van der Waals surface area contributed by atoms with Gasteiger partial charge in [-0.1, -0.05) is 32.9 Å². The topological polar surface area (TPSA) is 102 Å². The largest absolute Gasteiger partial charge is 0.493 e. The van der Waals surface area contributed by atoms with Gasteiger partial charge >= 0.3 is 0 Å². The summed E-state index contributed by atoms with van der Waals surface area (Å²) in [4.78, 5) is 12.5. The van der Waals surface area contributed by atoms with Crippen LogP contribution in [0.15, 0.2) is 36.4 Å². The molecule has 3 rings (SSSR count). The fourth-order valence-corrected chi connectivity index (χ4v) is 3.13. The lowest BCUT2D eigenvalue weighted by molar-refractivity contribution is -0.116. The lowest BCUT2D eigenvalue weighted by Crippen LogP contribution is -2.14. The van der Waals surface area contributed by atoms with Gasteiger partial charge in [-0.15, -0.1) is 10.2 Å². The number of carbonyl (C=O) groups is 1. The molecule has 8 heteroatoms. The van der Waals surface area contributed by atoms with Crippen LogP contribution in [0.5, 0.6) is 11.5 Å². The first-order valence-electron chi connectivity index (χ1n) is 9.71. The highest BCUT2D eigenvalue weighted by molar-refractivity contribution is 5.91. The number of rotatable bonds is 7. The number of hydrogen-bond donors (Lipinski definition) is 2. The predicted octanol–water partition coefficient (Wildman–Crippen LogP) is 3.75. The Hall–Kier alpha value is -3.42. The van der Waals surface area contributed by atoms with Gasteiger partial charge in [0.1, 0.15) is 0 Å². The van der Waals surface area contributed by atoms with Crippen LogP contribution in [0.1, 0.15) is 38.3 Å². The Morgan fingerprint density at radius 3 is 2.47 bits per heavy atom. The first kappa shape index (κ1) is 21.3. The van der Waals surface area contributed by atoms with Gasteiger partial charge in [-0.25, -0.2) is 0 Å². The van der Waals surface area contributed by atoms with Crippen LogP contribution in [0, 0.1) is 0 Å². The summed E-state index contributed by atoms with van der Waals surface area (Å²) < 4.78 is 10.5. The quantitative estimate of drug-likeness (QED) is 0.616. The fraction of sp³-hybridized carbons (Fsp3) is 0.364. The van der Waals surface area contributed by atoms with Gasteiger partial charge in [-0.05, 0) is 46.4 Å². The summed E-state index contributed by atoms with van der Waals surface area (Å²) in [5, 5.41) is 17.3. The first-order chi connectivity index (χ1) is 14.3. The molecule has 0 aliphatic rings. The van der Waals surface area contributed by atoms with E-state index in [1.807, 2.05) is 6.07 Å². The molecule has 0 saturated carbocycles. The van der Waals surface area contributed by atoms with E-state index in [1.54, 1.807) is 32.4 Å². The Morgan fingerprint density at radius 2 is 1.83 bits per heavy atom. The van der Waals surface area contributed by atoms with Crippen molar-refractivity contribution in [3.63, 3.8) is 0 Å². The summed E-state index contributed by atoms with van der Waals surface area (Å²) in [7, 11) is 3.13. The molecule has 0 aliphatic carbocycles. The highest BCUT2D eigenvalue weighted by Crippen LogP contribution is 2.31. The van der Waals surface area contributed by atoms with E-state index in [9.17, 15) is 4.79 Å². The number of amides is 1. The number of carbonyl (C=O) groups excluding carboxylic acids is 1. The minimum atomic E-state index is -0.0961. The molecule has 158 valence electrons. The lowest BCUT2D eigenvalue weighted by atomic mass is 9.84. The maximum absolute atomic E-state index is 12.5. The van der Waals surface area contributed by atoms with E-state index >= 15 is 0 Å². The van der Waals surface area contributed by atoms with Crippen LogP contribution in [0.4, 0.5) is 5.69 Å². The van der Waals surface area contributed by atoms with Gasteiger partial charge in [0.05, 0.1) is 14.2 Å². The molecule has 0 aliphatic heterocycles. The summed E-state index contributed by atoms with van der Waals surface area (Å²) in [5.74, 6) is 1.60. The second kappa shape index (κ2) is 8.94. The van der Waals surface area contributed by atoms with E-state index in [4.69, 9.17) is 9.47 Å². The summed E-state index contributed by atoms with van der Waals surface area (Å²) >= 11 is 0. The number of H-pyrrole nitrogens is 1. The Balaban J connectivity index is 1.74. The van der Waals surface area contributed by atoms with E-state index in [1.165, 1.54) is 5.56 Å². The summed E-state index contributed by atoms with van der Waals surface area (Å²) in [5.41, 5.74) is 3.68. The van der Waals surface area contributed by atoms with Crippen LogP contribution in [-0.4, -0.2) is 40.8 Å². The monoisotopic (exact) mass is 409 g/mol. The van der Waals surface area contributed by atoms with Gasteiger partial charge in [0.2, 0.25) is 11.7 Å². The smallest absolute Gasteiger partial charge is 0.224 e. The summed E-state index contributed by atoms with van der Waals surface area (Å²) in [6, 6.07) is 11.5. The predicted molar refractivity (Wildman–Crippen MR) is 115 cm³/mol. The molecule has 0 spiro atoms. The van der Waals surface area contributed by atoms with E-state index in [0.717, 1.165) is 11.1 Å². The molecule has 1 aromatic heterocycles. The van der Waals surface area contributed by atoms with Crippen LogP contribution in [0.2, 0.25) is 0 Å². The summed E-state index contributed by atoms with van der Waals surface area (Å²) in [6.07, 6.45) is 0.863. The number of methoxy groups -OCH3 is 2. The number of benzene rings is 2. The second-order valence-electron chi connectivity index (χ2n) is 7.98. The summed E-state index contributed by atoms with van der Waals surface area (Å²) in [6.45, 7) is 6.45. The number of tetrazole rings is 1. The number of aromatic amines is 1. The molecule has 0 fully saturated rings. The zero-order valence-electron chi connectivity index (χ0n) is 17.9. The van der Waals surface area contributed by atoms with Crippen molar-refractivity contribution in [1.29, 1.82) is 0 Å². The van der Waals surface area contributed by atoms with Gasteiger partial charge < -0.3 is 14.8 Å². The highest BCUT2D eigenvalue weighted by Gasteiger charge is 2.18. The number of nitrogens with zero attached hydrogens (tertiary/aromatic N) is 3. The van der Waals surface area contributed by atoms with Crippen LogP contribution < -0.4 is 14.8 Å². The molecular formula is C22H27N5O3. The van der Waals surface area contributed by atoms with Crippen molar-refractivity contribution in [2.75, 3.05) is 19.5 Å². The van der Waals surface area contributed by atoms with Gasteiger partial charge in [0.15, 0.2) is 11.5 Å². The number of nitrogens with one attached hydrogen (secondary N) is 2. The maximum Gasteiger partial charge on any atom is 0.224 e. The number of hydrogen-bond acceptors (Lipinski definition) is 6. The van der Waals surface area contributed by atoms with Crippen LogP contribution in [0.25, 0.3) is 11.4 Å². The first-order valence-corrected chi connectivity index (χ1v) is 9.71. The molecule has 0 bridgehead atoms. The molecule has 2 N–H and O–H groups in total. The minimum Gasteiger partial charge on any atom is -0.493 e. The number of ether oxygens (including phenoxy) is 2. The van der Waals surface area contributed by atoms with Crippen LogP contribution in [0.3, 0.4) is 0 Å². The zero-order chi connectivity index (χ0) is 21.7. The van der Waals surface area contributed by atoms with Crippen LogP contribution in [-0.2, 0) is 16.6 Å². The van der Waals surface area contributed by atoms with Gasteiger partial charge in [-0.2, -0.15) is 5.21 Å². The second-order valence-corrected chi connectivity index (χ2v) is 7.98. The third kappa shape index (κ3) is 4.94. The molecular weight excluding hydrogens is 382 g/mol. The fourth-order valence-electron chi connectivity index (χ4n) is 3.13. The average Bonchev–Trinajstić information content (AvgIpc) is 3.26. The highest BCUT2D eigenvalue weighted by atomic mass is 16.5. The van der Waals surface area contributed by atoms with Crippen molar-refractivity contribution in [2.24, 2.45) is 0 Å². The average molecular weight is 409 g/mol. The zero-order valence-corrected chi connectivity index (χ0v) is 17.9. The number of aromatic nitrogens is 4. The standard InChI is InChI=1S/C22H27N5O3/c1-22(2,3)15-8-6-14(17(12-15)21-24-26-27-25-21)7-11-20(28)23-16-9-10-18(29-4)19(13-16)30-5/h6,8-10,12-13H,7,11H2,1-5H3,(H,23,28)(H,24,25,26,27). The van der Waals surface area contributed by atoms with Crippen molar-refractivity contribution < 1.29 is 14.3 Å². The Bertz CT molecular complexity index is 1010. The van der Waals surface area contributed by atoms with Crippen molar-refractivity contribution in [2.45, 2.75) is 39.0 Å². The maximum atomic E-state index is 12.5. The SMILES string of the molecule is COc1ccc(NC(=O)CCc2ccc(C(C)(C)C)cc2-c2nn[nH]n2)cc1OC. The van der Waals surface area contributed by atoms with Gasteiger partial charge in [0.25, 0.3) is 0 Å². The molecule has 0 unspecified atom stereocenters. The van der Waals surface area contributed by atoms with E-state index in [-0.39, 0.29) is 11.3 Å². The van der Waals surface area contributed by atoms with Gasteiger partial charge in [-0.3, -0.25) is 4.79 Å². The van der Waals surface area contributed by atoms with Crippen LogP contribution >= 0.6 is 0 Å². The van der Waals surface area contributed by atoms with E-state index in [0.29, 0.717) is 35.9 Å². The molecule has 3 aromatic rings. The molecule has 1 amide bonds. The molecule has 2 aromatic carbocycles. The molecule has 1 heterocycles. The Kier molecular flexibility index (Phi) is 6.34. The lowest BCUT2D eigenvalue weighted by Gasteiger charge is -2.20. The van der Waals surface area contributed by atoms with E-state index < -0.39 is 0 Å². The van der Waals surface area contributed by atoms with Crippen molar-refractivity contribution in [1.82, 2.24) is 20.6 Å². The third-order valence-electron chi connectivity index (χ3n) is 4.85.